The monoisotopic (exact) mass is 311 g/mol. The van der Waals surface area contributed by atoms with Crippen LogP contribution in [-0.4, -0.2) is 49.1 Å². The van der Waals surface area contributed by atoms with Gasteiger partial charge in [0.2, 0.25) is 5.91 Å². The van der Waals surface area contributed by atoms with Crippen molar-refractivity contribution in [3.8, 4) is 0 Å². The normalized spacial score (nSPS) is 24.1. The molecule has 19 heavy (non-hydrogen) atoms. The summed E-state index contributed by atoms with van der Waals surface area (Å²) in [6.45, 7) is 3.94. The van der Waals surface area contributed by atoms with Crippen LogP contribution in [0.5, 0.6) is 0 Å². The molecule has 2 fully saturated rings. The molecule has 2 unspecified atom stereocenters. The van der Waals surface area contributed by atoms with Gasteiger partial charge < -0.3 is 10.6 Å². The summed E-state index contributed by atoms with van der Waals surface area (Å²) in [6.07, 6.45) is 5.99. The van der Waals surface area contributed by atoms with Gasteiger partial charge in [0.05, 0.1) is 6.04 Å². The number of hydrogen-bond acceptors (Lipinski definition) is 3. The zero-order valence-corrected chi connectivity index (χ0v) is 13.5. The van der Waals surface area contributed by atoms with E-state index < -0.39 is 0 Å². The molecule has 6 heteroatoms. The van der Waals surface area contributed by atoms with E-state index in [1.165, 1.54) is 25.7 Å². The highest BCUT2D eigenvalue weighted by Crippen LogP contribution is 2.26. The molecule has 2 atom stereocenters. The number of piperidine rings is 1. The lowest BCUT2D eigenvalue weighted by Crippen LogP contribution is -2.49. The van der Waals surface area contributed by atoms with Crippen molar-refractivity contribution in [1.82, 2.24) is 15.5 Å². The maximum atomic E-state index is 11.9. The van der Waals surface area contributed by atoms with E-state index in [2.05, 4.69) is 29.5 Å². The molecule has 1 aliphatic carbocycles. The minimum atomic E-state index is 0. The summed E-state index contributed by atoms with van der Waals surface area (Å²) in [5.74, 6) is 0.181. The largest absolute Gasteiger partial charge is 0.353 e. The smallest absolute Gasteiger partial charge is 0.237 e. The summed E-state index contributed by atoms with van der Waals surface area (Å²) >= 11 is 0. The maximum absolute atomic E-state index is 11.9. The van der Waals surface area contributed by atoms with Crippen molar-refractivity contribution < 1.29 is 4.79 Å². The highest BCUT2D eigenvalue weighted by molar-refractivity contribution is 5.85. The summed E-state index contributed by atoms with van der Waals surface area (Å²) in [6, 6.07) is 1.24. The Labute approximate surface area is 128 Å². The van der Waals surface area contributed by atoms with E-state index in [1.54, 1.807) is 0 Å². The van der Waals surface area contributed by atoms with Crippen LogP contribution in [0.3, 0.4) is 0 Å². The van der Waals surface area contributed by atoms with Gasteiger partial charge in [0.15, 0.2) is 0 Å². The van der Waals surface area contributed by atoms with Crippen LogP contribution >= 0.6 is 24.8 Å². The average molecular weight is 312 g/mol. The number of halogens is 2. The number of hydrogen-bond donors (Lipinski definition) is 2. The van der Waals surface area contributed by atoms with Gasteiger partial charge in [-0.1, -0.05) is 6.42 Å². The van der Waals surface area contributed by atoms with Gasteiger partial charge in [0, 0.05) is 18.6 Å². The van der Waals surface area contributed by atoms with Gasteiger partial charge in [0.25, 0.3) is 0 Å². The second-order valence-electron chi connectivity index (χ2n) is 5.49. The van der Waals surface area contributed by atoms with Crippen molar-refractivity contribution in [3.63, 3.8) is 0 Å². The molecular formula is C13H27Cl2N3O. The topological polar surface area (TPSA) is 44.4 Å². The second kappa shape index (κ2) is 9.01. The molecule has 1 aliphatic heterocycles. The molecule has 4 nitrogen and oxygen atoms in total. The molecular weight excluding hydrogens is 285 g/mol. The van der Waals surface area contributed by atoms with E-state index in [1.807, 2.05) is 0 Å². The number of carbonyl (C=O) groups excluding carboxylic acids is 1. The predicted molar refractivity (Wildman–Crippen MR) is 83.4 cm³/mol. The Bertz CT molecular complexity index is 269. The molecule has 1 saturated carbocycles. The molecule has 0 aromatic heterocycles. The van der Waals surface area contributed by atoms with Crippen LogP contribution in [0, 0.1) is 0 Å². The van der Waals surface area contributed by atoms with Gasteiger partial charge in [-0.15, -0.1) is 24.8 Å². The lowest BCUT2D eigenvalue weighted by Gasteiger charge is -2.27. The SMILES string of the molecule is CC(CNC(=O)C1CCCCN1)N(C)C1CC1.Cl.Cl. The number of amides is 1. The number of rotatable bonds is 5. The number of likely N-dealkylation sites (N-methyl/N-ethyl adjacent to an activating group) is 1. The Morgan fingerprint density at radius 2 is 2.00 bits per heavy atom. The van der Waals surface area contributed by atoms with Crippen LogP contribution < -0.4 is 10.6 Å². The van der Waals surface area contributed by atoms with Crippen molar-refractivity contribution in [2.24, 2.45) is 0 Å². The van der Waals surface area contributed by atoms with Gasteiger partial charge >= 0.3 is 0 Å². The fourth-order valence-electron chi connectivity index (χ4n) is 2.43. The molecule has 1 amide bonds. The number of carbonyl (C=O) groups is 1. The lowest BCUT2D eigenvalue weighted by atomic mass is 10.0. The van der Waals surface area contributed by atoms with E-state index in [9.17, 15) is 4.79 Å². The maximum Gasteiger partial charge on any atom is 0.237 e. The van der Waals surface area contributed by atoms with Gasteiger partial charge in [-0.05, 0) is 46.2 Å². The number of nitrogens with zero attached hydrogens (tertiary/aromatic N) is 1. The molecule has 0 aromatic rings. The van der Waals surface area contributed by atoms with Gasteiger partial charge in [-0.2, -0.15) is 0 Å². The Hall–Kier alpha value is -0.0300. The van der Waals surface area contributed by atoms with E-state index in [-0.39, 0.29) is 36.8 Å². The lowest BCUT2D eigenvalue weighted by molar-refractivity contribution is -0.123. The summed E-state index contributed by atoms with van der Waals surface area (Å²) in [7, 11) is 2.16. The van der Waals surface area contributed by atoms with Crippen LogP contribution in [0.25, 0.3) is 0 Å². The first-order valence-electron chi connectivity index (χ1n) is 6.91. The van der Waals surface area contributed by atoms with Gasteiger partial charge in [-0.25, -0.2) is 0 Å². The summed E-state index contributed by atoms with van der Waals surface area (Å²) in [4.78, 5) is 14.3. The first-order chi connectivity index (χ1) is 8.18. The zero-order chi connectivity index (χ0) is 12.3. The third-order valence-electron chi connectivity index (χ3n) is 4.02. The first kappa shape index (κ1) is 19.0. The van der Waals surface area contributed by atoms with Crippen LogP contribution in [-0.2, 0) is 4.79 Å². The molecule has 0 aromatic carbocycles. The van der Waals surface area contributed by atoms with Crippen LogP contribution in [0.15, 0.2) is 0 Å². The van der Waals surface area contributed by atoms with Gasteiger partial charge in [0.1, 0.15) is 0 Å². The van der Waals surface area contributed by atoms with E-state index in [0.717, 1.165) is 25.6 Å². The van der Waals surface area contributed by atoms with Crippen molar-refractivity contribution >= 4 is 30.7 Å². The van der Waals surface area contributed by atoms with E-state index in [4.69, 9.17) is 0 Å². The van der Waals surface area contributed by atoms with E-state index >= 15 is 0 Å². The van der Waals surface area contributed by atoms with Crippen molar-refractivity contribution in [1.29, 1.82) is 0 Å². The second-order valence-corrected chi connectivity index (χ2v) is 5.49. The Morgan fingerprint density at radius 1 is 1.32 bits per heavy atom. The van der Waals surface area contributed by atoms with Crippen molar-refractivity contribution in [2.75, 3.05) is 20.1 Å². The molecule has 1 saturated heterocycles. The predicted octanol–water partition coefficient (Wildman–Crippen LogP) is 1.57. The third-order valence-corrected chi connectivity index (χ3v) is 4.02. The molecule has 1 heterocycles. The first-order valence-corrected chi connectivity index (χ1v) is 6.91. The van der Waals surface area contributed by atoms with Crippen LogP contribution in [0.4, 0.5) is 0 Å². The molecule has 0 radical (unpaired) electrons. The van der Waals surface area contributed by atoms with Gasteiger partial charge in [-0.3, -0.25) is 9.69 Å². The minimum Gasteiger partial charge on any atom is -0.353 e. The summed E-state index contributed by atoms with van der Waals surface area (Å²) in [5, 5.41) is 6.35. The highest BCUT2D eigenvalue weighted by atomic mass is 35.5. The summed E-state index contributed by atoms with van der Waals surface area (Å²) in [5.41, 5.74) is 0. The molecule has 0 spiro atoms. The Balaban J connectivity index is 0.00000162. The molecule has 2 N–H and O–H groups in total. The molecule has 114 valence electrons. The fraction of sp³-hybridized carbons (Fsp3) is 0.923. The summed E-state index contributed by atoms with van der Waals surface area (Å²) < 4.78 is 0. The third kappa shape index (κ3) is 5.86. The molecule has 2 aliphatic rings. The van der Waals surface area contributed by atoms with Crippen molar-refractivity contribution in [2.45, 2.75) is 57.2 Å². The minimum absolute atomic E-state index is 0. The fourth-order valence-corrected chi connectivity index (χ4v) is 2.43. The number of nitrogens with one attached hydrogen (secondary N) is 2. The average Bonchev–Trinajstić information content (AvgIpc) is 3.20. The molecule has 2 rings (SSSR count). The standard InChI is InChI=1S/C13H25N3O.2ClH/c1-10(16(2)11-6-7-11)9-15-13(17)12-5-3-4-8-14-12;;/h10-12,14H,3-9H2,1-2H3,(H,15,17);2*1H. The van der Waals surface area contributed by atoms with E-state index in [0.29, 0.717) is 6.04 Å². The van der Waals surface area contributed by atoms with Crippen LogP contribution in [0.1, 0.15) is 39.0 Å². The highest BCUT2D eigenvalue weighted by Gasteiger charge is 2.29. The Kier molecular flexibility index (Phi) is 8.99. The zero-order valence-electron chi connectivity index (χ0n) is 11.9. The van der Waals surface area contributed by atoms with Crippen LogP contribution in [0.2, 0.25) is 0 Å². The molecule has 0 bridgehead atoms. The quantitative estimate of drug-likeness (QED) is 0.810. The Morgan fingerprint density at radius 3 is 2.53 bits per heavy atom. The van der Waals surface area contributed by atoms with Crippen molar-refractivity contribution in [3.05, 3.63) is 0 Å².